The van der Waals surface area contributed by atoms with E-state index in [4.69, 9.17) is 4.74 Å². The summed E-state index contributed by atoms with van der Waals surface area (Å²) in [6.45, 7) is 1.81. The van der Waals surface area contributed by atoms with Crippen molar-refractivity contribution in [3.63, 3.8) is 0 Å². The highest BCUT2D eigenvalue weighted by atomic mass is 79.9. The number of hydrogen-bond donors (Lipinski definition) is 2. The molecule has 102 valence electrons. The van der Waals surface area contributed by atoms with Gasteiger partial charge < -0.3 is 9.84 Å². The van der Waals surface area contributed by atoms with E-state index in [9.17, 15) is 9.59 Å². The Balaban J connectivity index is 2.46. The van der Waals surface area contributed by atoms with Gasteiger partial charge in [0.05, 0.1) is 17.3 Å². The molecule has 19 heavy (non-hydrogen) atoms. The van der Waals surface area contributed by atoms with Gasteiger partial charge in [-0.1, -0.05) is 0 Å². The van der Waals surface area contributed by atoms with Crippen LogP contribution >= 0.6 is 27.3 Å². The summed E-state index contributed by atoms with van der Waals surface area (Å²) in [4.78, 5) is 24.4. The van der Waals surface area contributed by atoms with Gasteiger partial charge in [0.2, 0.25) is 0 Å². The maximum Gasteiger partial charge on any atom is 0.306 e. The summed E-state index contributed by atoms with van der Waals surface area (Å²) >= 11 is 4.90. The fraction of sp³-hybridized carbons (Fsp3) is 0.333. The van der Waals surface area contributed by atoms with Crippen LogP contribution in [0.1, 0.15) is 28.5 Å². The van der Waals surface area contributed by atoms with E-state index in [1.165, 1.54) is 18.4 Å². The number of esters is 1. The second-order valence-corrected chi connectivity index (χ2v) is 6.59. The largest absolute Gasteiger partial charge is 0.469 e. The summed E-state index contributed by atoms with van der Waals surface area (Å²) in [5.74, 6) is -0.631. The van der Waals surface area contributed by atoms with E-state index in [2.05, 4.69) is 26.1 Å². The first-order valence-electron chi connectivity index (χ1n) is 5.62. The molecule has 7 heteroatoms. The van der Waals surface area contributed by atoms with Crippen LogP contribution in [0.4, 0.5) is 0 Å². The molecule has 0 fully saturated rings. The number of aryl methyl sites for hydroxylation is 1. The van der Waals surface area contributed by atoms with E-state index < -0.39 is 0 Å². The predicted molar refractivity (Wildman–Crippen MR) is 76.6 cm³/mol. The van der Waals surface area contributed by atoms with Crippen molar-refractivity contribution in [2.24, 2.45) is 0 Å². The van der Waals surface area contributed by atoms with Crippen LogP contribution in [0, 0.1) is 6.92 Å². The normalized spacial score (nSPS) is 12.4. The van der Waals surface area contributed by atoms with Crippen molar-refractivity contribution in [1.82, 2.24) is 10.2 Å². The second kappa shape index (κ2) is 5.75. The number of carbonyl (C=O) groups excluding carboxylic acids is 1. The molecule has 0 aliphatic carbocycles. The van der Waals surface area contributed by atoms with Gasteiger partial charge in [-0.05, 0) is 35.0 Å². The molecule has 0 bridgehead atoms. The third-order valence-electron chi connectivity index (χ3n) is 2.90. The molecule has 0 aliphatic rings. The maximum absolute atomic E-state index is 11.9. The van der Waals surface area contributed by atoms with Gasteiger partial charge in [-0.25, -0.2) is 0 Å². The highest BCUT2D eigenvalue weighted by molar-refractivity contribution is 9.11. The highest BCUT2D eigenvalue weighted by Crippen LogP contribution is 2.34. The molecule has 0 spiro atoms. The Bertz CT molecular complexity index is 643. The number of H-pyrrole nitrogens is 2. The zero-order valence-electron chi connectivity index (χ0n) is 10.5. The average Bonchev–Trinajstić information content (AvgIpc) is 2.94. The van der Waals surface area contributed by atoms with Crippen LogP contribution in [0.2, 0.25) is 0 Å². The molecule has 0 aromatic carbocycles. The molecule has 5 nitrogen and oxygen atoms in total. The number of methoxy groups -OCH3 is 1. The van der Waals surface area contributed by atoms with E-state index in [1.807, 2.05) is 12.1 Å². The molecule has 2 heterocycles. The van der Waals surface area contributed by atoms with Crippen molar-refractivity contribution >= 4 is 33.2 Å². The zero-order valence-corrected chi connectivity index (χ0v) is 12.9. The Morgan fingerprint density at radius 2 is 2.21 bits per heavy atom. The van der Waals surface area contributed by atoms with Gasteiger partial charge in [0.15, 0.2) is 0 Å². The monoisotopic (exact) mass is 344 g/mol. The maximum atomic E-state index is 11.9. The van der Waals surface area contributed by atoms with Gasteiger partial charge in [-0.2, -0.15) is 0 Å². The van der Waals surface area contributed by atoms with E-state index in [1.54, 1.807) is 6.92 Å². The summed E-state index contributed by atoms with van der Waals surface area (Å²) < 4.78 is 5.68. The number of aromatic amines is 2. The van der Waals surface area contributed by atoms with E-state index in [-0.39, 0.29) is 23.9 Å². The molecule has 1 unspecified atom stereocenters. The lowest BCUT2D eigenvalue weighted by molar-refractivity contribution is -0.140. The molecule has 1 atom stereocenters. The lowest BCUT2D eigenvalue weighted by Gasteiger charge is -2.12. The van der Waals surface area contributed by atoms with Gasteiger partial charge in [0, 0.05) is 22.1 Å². The first kappa shape index (κ1) is 14.1. The van der Waals surface area contributed by atoms with Crippen molar-refractivity contribution in [2.75, 3.05) is 7.11 Å². The van der Waals surface area contributed by atoms with Gasteiger partial charge in [0.1, 0.15) is 0 Å². The molecule has 2 aromatic rings. The third kappa shape index (κ3) is 2.98. The van der Waals surface area contributed by atoms with E-state index in [0.29, 0.717) is 5.56 Å². The quantitative estimate of drug-likeness (QED) is 0.837. The number of rotatable bonds is 4. The van der Waals surface area contributed by atoms with Crippen molar-refractivity contribution in [1.29, 1.82) is 0 Å². The molecule has 2 aromatic heterocycles. The number of ether oxygens (including phenoxy) is 1. The summed E-state index contributed by atoms with van der Waals surface area (Å²) in [6, 6.07) is 3.81. The molecule has 2 N–H and O–H groups in total. The Hall–Kier alpha value is -1.34. The third-order valence-corrected chi connectivity index (χ3v) is 4.63. The van der Waals surface area contributed by atoms with Crippen LogP contribution in [0.25, 0.3) is 0 Å². The average molecular weight is 345 g/mol. The van der Waals surface area contributed by atoms with Crippen LogP contribution in [0.3, 0.4) is 0 Å². The standard InChI is InChI=1S/C12H13BrN2O3S/c1-6-11(12(17)15-14-6)7(5-10(16)18-2)8-3-4-9(13)19-8/h3-4,7H,5H2,1-2H3,(H2,14,15,17). The minimum Gasteiger partial charge on any atom is -0.469 e. The van der Waals surface area contributed by atoms with Gasteiger partial charge in [-0.3, -0.25) is 14.7 Å². The summed E-state index contributed by atoms with van der Waals surface area (Å²) in [5, 5.41) is 5.33. The van der Waals surface area contributed by atoms with E-state index >= 15 is 0 Å². The minimum absolute atomic E-state index is 0.144. The number of aromatic nitrogens is 2. The molecule has 2 rings (SSSR count). The fourth-order valence-corrected chi connectivity index (χ4v) is 3.52. The van der Waals surface area contributed by atoms with Crippen molar-refractivity contribution in [3.05, 3.63) is 42.4 Å². The summed E-state index contributed by atoms with van der Waals surface area (Å²) in [5.41, 5.74) is 1.12. The summed E-state index contributed by atoms with van der Waals surface area (Å²) in [6.07, 6.45) is 0.144. The first-order valence-corrected chi connectivity index (χ1v) is 7.23. The molecular formula is C12H13BrN2O3S. The Labute approximate surface area is 122 Å². The highest BCUT2D eigenvalue weighted by Gasteiger charge is 2.25. The summed E-state index contributed by atoms with van der Waals surface area (Å²) in [7, 11) is 1.35. The van der Waals surface area contributed by atoms with Crippen LogP contribution in [0.5, 0.6) is 0 Å². The molecule has 0 radical (unpaired) electrons. The second-order valence-electron chi connectivity index (χ2n) is 4.09. The molecule has 0 saturated heterocycles. The fourth-order valence-electron chi connectivity index (χ4n) is 1.99. The van der Waals surface area contributed by atoms with E-state index in [0.717, 1.165) is 14.4 Å². The van der Waals surface area contributed by atoms with Crippen LogP contribution in [0.15, 0.2) is 20.7 Å². The lowest BCUT2D eigenvalue weighted by atomic mass is 9.94. The predicted octanol–water partition coefficient (Wildman–Crippen LogP) is 2.53. The smallest absolute Gasteiger partial charge is 0.306 e. The molecule has 0 amide bonds. The first-order chi connectivity index (χ1) is 9.02. The number of nitrogens with one attached hydrogen (secondary N) is 2. The number of halogens is 1. The topological polar surface area (TPSA) is 75.0 Å². The Kier molecular flexibility index (Phi) is 4.26. The van der Waals surface area contributed by atoms with Crippen molar-refractivity contribution in [3.8, 4) is 0 Å². The molecule has 0 aliphatic heterocycles. The lowest BCUT2D eigenvalue weighted by Crippen LogP contribution is -2.16. The number of carbonyl (C=O) groups is 1. The van der Waals surface area contributed by atoms with Gasteiger partial charge in [0.25, 0.3) is 5.56 Å². The van der Waals surface area contributed by atoms with Crippen LogP contribution in [-0.4, -0.2) is 23.3 Å². The van der Waals surface area contributed by atoms with Crippen LogP contribution < -0.4 is 5.56 Å². The van der Waals surface area contributed by atoms with Crippen LogP contribution in [-0.2, 0) is 9.53 Å². The minimum atomic E-state index is -0.338. The van der Waals surface area contributed by atoms with Crippen molar-refractivity contribution < 1.29 is 9.53 Å². The molecule has 0 saturated carbocycles. The Morgan fingerprint density at radius 3 is 2.68 bits per heavy atom. The number of thiophene rings is 1. The van der Waals surface area contributed by atoms with Crippen molar-refractivity contribution in [2.45, 2.75) is 19.3 Å². The Morgan fingerprint density at radius 1 is 1.47 bits per heavy atom. The van der Waals surface area contributed by atoms with Gasteiger partial charge in [-0.15, -0.1) is 11.3 Å². The SMILES string of the molecule is COC(=O)CC(c1ccc(Br)s1)c1c(C)[nH][nH]c1=O. The zero-order chi connectivity index (χ0) is 14.0. The number of hydrogen-bond acceptors (Lipinski definition) is 4. The van der Waals surface area contributed by atoms with Gasteiger partial charge >= 0.3 is 5.97 Å². The molecular weight excluding hydrogens is 332 g/mol.